The number of imidazole rings is 1. The van der Waals surface area contributed by atoms with Crippen LogP contribution in [0.3, 0.4) is 0 Å². The van der Waals surface area contributed by atoms with Crippen molar-refractivity contribution in [3.05, 3.63) is 54.5 Å². The van der Waals surface area contributed by atoms with Gasteiger partial charge in [-0.3, -0.25) is 9.25 Å². The lowest BCUT2D eigenvalue weighted by Gasteiger charge is -2.07. The van der Waals surface area contributed by atoms with Gasteiger partial charge in [0.25, 0.3) is 0 Å². The summed E-state index contributed by atoms with van der Waals surface area (Å²) in [7, 11) is 1.91. The van der Waals surface area contributed by atoms with E-state index in [4.69, 9.17) is 0 Å². The van der Waals surface area contributed by atoms with Crippen molar-refractivity contribution in [2.75, 3.05) is 5.32 Å². The van der Waals surface area contributed by atoms with Crippen molar-refractivity contribution in [3.63, 3.8) is 0 Å². The van der Waals surface area contributed by atoms with Crippen LogP contribution >= 0.6 is 0 Å². The van der Waals surface area contributed by atoms with Crippen molar-refractivity contribution in [2.24, 2.45) is 7.05 Å². The third kappa shape index (κ3) is 2.54. The van der Waals surface area contributed by atoms with Gasteiger partial charge in [-0.05, 0) is 19.1 Å². The molecule has 0 unspecified atom stereocenters. The molecule has 20 heavy (non-hydrogen) atoms. The smallest absolute Gasteiger partial charge is 0.138 e. The maximum atomic E-state index is 4.44. The second kappa shape index (κ2) is 5.16. The van der Waals surface area contributed by atoms with Gasteiger partial charge in [-0.1, -0.05) is 0 Å². The van der Waals surface area contributed by atoms with Crippen LogP contribution in [0.25, 0.3) is 5.82 Å². The average molecular weight is 268 g/mol. The molecule has 0 spiro atoms. The van der Waals surface area contributed by atoms with Crippen LogP contribution in [0.15, 0.2) is 43.1 Å². The van der Waals surface area contributed by atoms with Crippen molar-refractivity contribution < 1.29 is 0 Å². The van der Waals surface area contributed by atoms with Gasteiger partial charge in [0.15, 0.2) is 0 Å². The molecule has 3 heterocycles. The van der Waals surface area contributed by atoms with Crippen LogP contribution in [0.5, 0.6) is 0 Å². The van der Waals surface area contributed by atoms with E-state index in [0.717, 1.165) is 29.4 Å². The van der Waals surface area contributed by atoms with Crippen LogP contribution in [0.1, 0.15) is 11.4 Å². The zero-order valence-electron chi connectivity index (χ0n) is 11.5. The van der Waals surface area contributed by atoms with Crippen molar-refractivity contribution >= 4 is 5.69 Å². The first kappa shape index (κ1) is 12.4. The van der Waals surface area contributed by atoms with Crippen molar-refractivity contribution in [2.45, 2.75) is 13.5 Å². The molecule has 0 saturated carbocycles. The van der Waals surface area contributed by atoms with E-state index < -0.39 is 0 Å². The third-order valence-corrected chi connectivity index (χ3v) is 3.08. The number of hydrogen-bond donors (Lipinski definition) is 1. The maximum Gasteiger partial charge on any atom is 0.138 e. The fraction of sp³-hybridized carbons (Fsp3) is 0.214. The molecular weight excluding hydrogens is 252 g/mol. The van der Waals surface area contributed by atoms with E-state index in [1.165, 1.54) is 0 Å². The lowest BCUT2D eigenvalue weighted by Crippen LogP contribution is -2.02. The van der Waals surface area contributed by atoms with E-state index in [-0.39, 0.29) is 0 Å². The molecule has 6 nitrogen and oxygen atoms in total. The molecule has 3 aromatic rings. The Labute approximate surface area is 117 Å². The van der Waals surface area contributed by atoms with Gasteiger partial charge in [-0.15, -0.1) is 0 Å². The molecule has 0 fully saturated rings. The first-order valence-electron chi connectivity index (χ1n) is 6.40. The minimum atomic E-state index is 0.735. The molecule has 0 bridgehead atoms. The Morgan fingerprint density at radius 1 is 1.20 bits per heavy atom. The molecule has 0 atom stereocenters. The highest BCUT2D eigenvalue weighted by molar-refractivity contribution is 5.44. The van der Waals surface area contributed by atoms with Crippen LogP contribution in [-0.2, 0) is 13.6 Å². The summed E-state index contributed by atoms with van der Waals surface area (Å²) in [5.41, 5.74) is 2.12. The number of hydrogen-bond acceptors (Lipinski definition) is 4. The van der Waals surface area contributed by atoms with Gasteiger partial charge in [-0.2, -0.15) is 5.10 Å². The van der Waals surface area contributed by atoms with E-state index in [1.807, 2.05) is 55.5 Å². The molecule has 0 aromatic carbocycles. The monoisotopic (exact) mass is 268 g/mol. The van der Waals surface area contributed by atoms with Crippen LogP contribution in [0.4, 0.5) is 5.69 Å². The molecule has 102 valence electrons. The Bertz CT molecular complexity index is 695. The molecule has 0 amide bonds. The zero-order chi connectivity index (χ0) is 13.9. The molecule has 3 rings (SSSR count). The molecule has 0 radical (unpaired) electrons. The van der Waals surface area contributed by atoms with Gasteiger partial charge >= 0.3 is 0 Å². The number of anilines is 1. The predicted octanol–water partition coefficient (Wildman–Crippen LogP) is 1.92. The van der Waals surface area contributed by atoms with E-state index >= 15 is 0 Å². The number of pyridine rings is 1. The summed E-state index contributed by atoms with van der Waals surface area (Å²) >= 11 is 0. The standard InChI is InChI=1S/C14H16N6/c1-11-15-5-6-20(11)14-4-3-13(9-17-14)16-7-12-8-18-19(2)10-12/h3-6,8-10,16H,7H2,1-2H3. The summed E-state index contributed by atoms with van der Waals surface area (Å²) < 4.78 is 3.74. The van der Waals surface area contributed by atoms with Gasteiger partial charge in [0.1, 0.15) is 11.6 Å². The minimum Gasteiger partial charge on any atom is -0.380 e. The largest absolute Gasteiger partial charge is 0.380 e. The van der Waals surface area contributed by atoms with E-state index in [9.17, 15) is 0 Å². The second-order valence-electron chi connectivity index (χ2n) is 4.63. The van der Waals surface area contributed by atoms with Crippen molar-refractivity contribution in [1.29, 1.82) is 0 Å². The molecule has 0 aliphatic heterocycles. The zero-order valence-corrected chi connectivity index (χ0v) is 11.5. The fourth-order valence-corrected chi connectivity index (χ4v) is 2.02. The van der Waals surface area contributed by atoms with Gasteiger partial charge in [0, 0.05) is 37.7 Å². The first-order chi connectivity index (χ1) is 9.72. The fourth-order valence-electron chi connectivity index (χ4n) is 2.02. The Balaban J connectivity index is 1.69. The Kier molecular flexibility index (Phi) is 3.20. The Hall–Kier alpha value is -2.63. The van der Waals surface area contributed by atoms with Gasteiger partial charge in [0.2, 0.25) is 0 Å². The number of rotatable bonds is 4. The average Bonchev–Trinajstić information content (AvgIpc) is 3.06. The topological polar surface area (TPSA) is 60.6 Å². The van der Waals surface area contributed by atoms with Crippen molar-refractivity contribution in [3.8, 4) is 5.82 Å². The van der Waals surface area contributed by atoms with E-state index in [1.54, 1.807) is 10.9 Å². The number of nitrogens with one attached hydrogen (secondary N) is 1. The third-order valence-electron chi connectivity index (χ3n) is 3.08. The summed E-state index contributed by atoms with van der Waals surface area (Å²) in [6, 6.07) is 3.98. The molecule has 6 heteroatoms. The van der Waals surface area contributed by atoms with Crippen LogP contribution in [0.2, 0.25) is 0 Å². The molecule has 1 N–H and O–H groups in total. The van der Waals surface area contributed by atoms with Crippen LogP contribution < -0.4 is 5.32 Å². The molecule has 0 aliphatic carbocycles. The second-order valence-corrected chi connectivity index (χ2v) is 4.63. The van der Waals surface area contributed by atoms with Gasteiger partial charge in [-0.25, -0.2) is 9.97 Å². The summed E-state index contributed by atoms with van der Waals surface area (Å²) in [5, 5.41) is 7.46. The Morgan fingerprint density at radius 2 is 2.10 bits per heavy atom. The normalized spacial score (nSPS) is 10.7. The molecule has 0 saturated heterocycles. The highest BCUT2D eigenvalue weighted by Crippen LogP contribution is 2.12. The number of nitrogens with zero attached hydrogens (tertiary/aromatic N) is 5. The molecular formula is C14H16N6. The number of aromatic nitrogens is 5. The predicted molar refractivity (Wildman–Crippen MR) is 76.6 cm³/mol. The summed E-state index contributed by atoms with van der Waals surface area (Å²) in [4.78, 5) is 8.63. The maximum absolute atomic E-state index is 4.44. The summed E-state index contributed by atoms with van der Waals surface area (Å²) in [6.07, 6.45) is 9.34. The van der Waals surface area contributed by atoms with Gasteiger partial charge in [0.05, 0.1) is 18.1 Å². The molecule has 0 aliphatic rings. The highest BCUT2D eigenvalue weighted by Gasteiger charge is 2.02. The lowest BCUT2D eigenvalue weighted by molar-refractivity contribution is 0.767. The quantitative estimate of drug-likeness (QED) is 0.785. The van der Waals surface area contributed by atoms with Gasteiger partial charge < -0.3 is 5.32 Å². The van der Waals surface area contributed by atoms with Crippen LogP contribution in [-0.4, -0.2) is 24.3 Å². The van der Waals surface area contributed by atoms with E-state index in [2.05, 4.69) is 20.4 Å². The molecule has 3 aromatic heterocycles. The van der Waals surface area contributed by atoms with Crippen molar-refractivity contribution in [1.82, 2.24) is 24.3 Å². The first-order valence-corrected chi connectivity index (χ1v) is 6.40. The SMILES string of the molecule is Cc1nccn1-c1ccc(NCc2cnn(C)c2)cn1. The Morgan fingerprint density at radius 3 is 2.70 bits per heavy atom. The number of aryl methyl sites for hydroxylation is 2. The summed E-state index contributed by atoms with van der Waals surface area (Å²) in [5.74, 6) is 1.79. The highest BCUT2D eigenvalue weighted by atomic mass is 15.2. The summed E-state index contributed by atoms with van der Waals surface area (Å²) in [6.45, 7) is 2.69. The lowest BCUT2D eigenvalue weighted by atomic mass is 10.3. The minimum absolute atomic E-state index is 0.735. The van der Waals surface area contributed by atoms with E-state index in [0.29, 0.717) is 0 Å². The van der Waals surface area contributed by atoms with Crippen LogP contribution in [0, 0.1) is 6.92 Å².